The molecule has 0 aromatic rings. The Morgan fingerprint density at radius 1 is 1.88 bits per heavy atom. The molecular formula is C4H4NO2Y+2. The molecule has 38 valence electrons. The van der Waals surface area contributed by atoms with Crippen LogP contribution in [0.2, 0.25) is 0 Å². The summed E-state index contributed by atoms with van der Waals surface area (Å²) in [5, 5.41) is 0. The Labute approximate surface area is 72.4 Å². The summed E-state index contributed by atoms with van der Waals surface area (Å²) in [5.74, 6) is -0.465. The smallest absolute Gasteiger partial charge is 0.467 e. The van der Waals surface area contributed by atoms with Crippen LogP contribution in [0.25, 0.3) is 0 Å². The van der Waals surface area contributed by atoms with Crippen molar-refractivity contribution >= 4 is 12.2 Å². The van der Waals surface area contributed by atoms with Crippen LogP contribution in [0, 0.1) is 0 Å². The summed E-state index contributed by atoms with van der Waals surface area (Å²) >= 11 is 0. The molecule has 0 saturated heterocycles. The van der Waals surface area contributed by atoms with E-state index < -0.39 is 5.97 Å². The Bertz CT molecular complexity index is 123. The van der Waals surface area contributed by atoms with Crippen LogP contribution in [0.4, 0.5) is 0 Å². The number of cyclic esters (lactones) is 1. The van der Waals surface area contributed by atoms with Gasteiger partial charge in [-0.15, -0.1) is 0 Å². The molecule has 0 amide bonds. The van der Waals surface area contributed by atoms with Crippen LogP contribution in [0.5, 0.6) is 0 Å². The van der Waals surface area contributed by atoms with Gasteiger partial charge in [-0.2, -0.15) is 0 Å². The molecule has 4 heteroatoms. The number of aliphatic imine (C=N–C) groups is 1. The summed E-state index contributed by atoms with van der Waals surface area (Å²) in [4.78, 5) is 13.5. The minimum Gasteiger partial charge on any atom is -0.467 e. The minimum atomic E-state index is -0.465. The largest absolute Gasteiger partial charge is 3.00 e. The first-order valence-corrected chi connectivity index (χ1v) is 1.95. The molecule has 0 N–H and O–H groups in total. The van der Waals surface area contributed by atoms with E-state index in [1.807, 2.05) is 0 Å². The van der Waals surface area contributed by atoms with Crippen molar-refractivity contribution in [2.45, 2.75) is 13.2 Å². The van der Waals surface area contributed by atoms with Gasteiger partial charge in [0.1, 0.15) is 0 Å². The van der Waals surface area contributed by atoms with Crippen molar-refractivity contribution in [2.75, 3.05) is 0 Å². The van der Waals surface area contributed by atoms with E-state index in [1.54, 1.807) is 6.92 Å². The number of carbonyl (C=O) groups excluding carboxylic acids is 1. The molecule has 0 bridgehead atoms. The van der Waals surface area contributed by atoms with Crippen molar-refractivity contribution in [1.29, 1.82) is 0 Å². The molecule has 0 aliphatic carbocycles. The van der Waals surface area contributed by atoms with E-state index in [2.05, 4.69) is 15.9 Å². The van der Waals surface area contributed by atoms with E-state index in [0.29, 0.717) is 0 Å². The van der Waals surface area contributed by atoms with E-state index in [0.717, 1.165) is 0 Å². The summed E-state index contributed by atoms with van der Waals surface area (Å²) in [6.45, 7) is 1.68. The van der Waals surface area contributed by atoms with Gasteiger partial charge in [0.05, 0.1) is 0 Å². The van der Waals surface area contributed by atoms with Gasteiger partial charge < -0.3 is 9.73 Å². The van der Waals surface area contributed by atoms with Crippen LogP contribution in [0.15, 0.2) is 4.99 Å². The number of esters is 1. The predicted octanol–water partition coefficient (Wildman–Crippen LogP) is -0.165. The molecule has 0 aromatic carbocycles. The third-order valence-corrected chi connectivity index (χ3v) is 0.615. The standard InChI is InChI=1S/C4H4NO2.Y/c1-3-5-2-4(6)7-3;/h3H,1H3;/q-1;+3. The van der Waals surface area contributed by atoms with Crippen LogP contribution in [0.1, 0.15) is 6.92 Å². The topological polar surface area (TPSA) is 38.7 Å². The summed E-state index contributed by atoms with van der Waals surface area (Å²) in [7, 11) is 0. The minimum absolute atomic E-state index is 0. The molecular weight excluding hydrogens is 183 g/mol. The van der Waals surface area contributed by atoms with Crippen molar-refractivity contribution in [2.24, 2.45) is 4.99 Å². The zero-order valence-corrected chi connectivity index (χ0v) is 7.26. The fourth-order valence-corrected chi connectivity index (χ4v) is 0.351. The van der Waals surface area contributed by atoms with Gasteiger partial charge in [-0.05, 0) is 6.92 Å². The molecule has 0 saturated carbocycles. The summed E-state index contributed by atoms with van der Waals surface area (Å²) in [5.41, 5.74) is 0. The maximum Gasteiger partial charge on any atom is 3.00 e. The molecule has 0 fully saturated rings. The van der Waals surface area contributed by atoms with Crippen molar-refractivity contribution < 1.29 is 42.2 Å². The zero-order chi connectivity index (χ0) is 5.28. The molecule has 3 nitrogen and oxygen atoms in total. The number of rotatable bonds is 0. The second kappa shape index (κ2) is 3.31. The van der Waals surface area contributed by atoms with Gasteiger partial charge in [0.25, 0.3) is 0 Å². The van der Waals surface area contributed by atoms with Gasteiger partial charge in [-0.3, -0.25) is 11.0 Å². The zero-order valence-electron chi connectivity index (χ0n) is 4.42. The summed E-state index contributed by atoms with van der Waals surface area (Å²) in [6.07, 6.45) is 1.82. The van der Waals surface area contributed by atoms with Gasteiger partial charge in [0, 0.05) is 0 Å². The van der Waals surface area contributed by atoms with Crippen LogP contribution in [-0.4, -0.2) is 18.4 Å². The van der Waals surface area contributed by atoms with Crippen molar-refractivity contribution in [3.8, 4) is 0 Å². The molecule has 8 heavy (non-hydrogen) atoms. The van der Waals surface area contributed by atoms with Crippen LogP contribution < -0.4 is 0 Å². The quantitative estimate of drug-likeness (QED) is 0.390. The fraction of sp³-hybridized carbons (Fsp3) is 0.500. The Morgan fingerprint density at radius 2 is 2.50 bits per heavy atom. The van der Waals surface area contributed by atoms with Crippen molar-refractivity contribution in [3.63, 3.8) is 0 Å². The van der Waals surface area contributed by atoms with Crippen molar-refractivity contribution in [3.05, 3.63) is 0 Å². The molecule has 1 heterocycles. The molecule has 0 radical (unpaired) electrons. The monoisotopic (exact) mass is 187 g/mol. The maximum absolute atomic E-state index is 10.0. The van der Waals surface area contributed by atoms with Crippen molar-refractivity contribution in [1.82, 2.24) is 0 Å². The van der Waals surface area contributed by atoms with E-state index >= 15 is 0 Å². The molecule has 1 rings (SSSR count). The van der Waals surface area contributed by atoms with Crippen LogP contribution >= 0.6 is 0 Å². The van der Waals surface area contributed by atoms with Gasteiger partial charge >= 0.3 is 32.7 Å². The van der Waals surface area contributed by atoms with Crippen LogP contribution in [-0.2, 0) is 42.2 Å². The SMILES string of the molecule is CC1N=[C-]C(=O)O1.[Y+3]. The first-order chi connectivity index (χ1) is 3.29. The molecule has 1 aliphatic rings. The third kappa shape index (κ3) is 2.01. The number of hydrogen-bond donors (Lipinski definition) is 0. The van der Waals surface area contributed by atoms with Gasteiger partial charge in [0.15, 0.2) is 12.2 Å². The third-order valence-electron chi connectivity index (χ3n) is 0.615. The van der Waals surface area contributed by atoms with E-state index in [-0.39, 0.29) is 38.9 Å². The Balaban J connectivity index is 0.000000490. The average molecular weight is 187 g/mol. The molecule has 1 aliphatic heterocycles. The molecule has 1 atom stereocenters. The first kappa shape index (κ1) is 8.24. The normalized spacial score (nSPS) is 24.6. The Morgan fingerprint density at radius 3 is 2.62 bits per heavy atom. The number of hydrogen-bond acceptors (Lipinski definition) is 3. The van der Waals surface area contributed by atoms with E-state index in [1.165, 1.54) is 0 Å². The second-order valence-corrected chi connectivity index (χ2v) is 1.25. The van der Waals surface area contributed by atoms with Crippen LogP contribution in [0.3, 0.4) is 0 Å². The fourth-order valence-electron chi connectivity index (χ4n) is 0.351. The number of nitrogens with zero attached hydrogens (tertiary/aromatic N) is 1. The van der Waals surface area contributed by atoms with Gasteiger partial charge in [-0.25, -0.2) is 0 Å². The Hall–Kier alpha value is 0.244. The maximum atomic E-state index is 10.0. The molecule has 1 unspecified atom stereocenters. The van der Waals surface area contributed by atoms with E-state index in [9.17, 15) is 4.79 Å². The summed E-state index contributed by atoms with van der Waals surface area (Å²) < 4.78 is 4.44. The predicted molar refractivity (Wildman–Crippen MR) is 23.0 cm³/mol. The number of carbonyl (C=O) groups is 1. The average Bonchev–Trinajstić information content (AvgIpc) is 1.87. The second-order valence-electron chi connectivity index (χ2n) is 1.25. The van der Waals surface area contributed by atoms with Gasteiger partial charge in [0.2, 0.25) is 0 Å². The summed E-state index contributed by atoms with van der Waals surface area (Å²) in [6, 6.07) is 0. The van der Waals surface area contributed by atoms with E-state index in [4.69, 9.17) is 0 Å². The van der Waals surface area contributed by atoms with Gasteiger partial charge in [-0.1, -0.05) is 0 Å². The first-order valence-electron chi connectivity index (χ1n) is 1.95. The molecule has 0 aromatic heterocycles. The Kier molecular flexibility index (Phi) is 3.41. The molecule has 0 spiro atoms. The number of ether oxygens (including phenoxy) is 1.